The maximum Gasteiger partial charge on any atom is 0.371 e. The minimum absolute atomic E-state index is 0.0441. The molecule has 0 fully saturated rings. The van der Waals surface area contributed by atoms with Gasteiger partial charge in [-0.3, -0.25) is 4.79 Å². The van der Waals surface area contributed by atoms with Crippen molar-refractivity contribution < 1.29 is 19.1 Å². The molecule has 4 nitrogen and oxygen atoms in total. The van der Waals surface area contributed by atoms with Crippen LogP contribution < -0.4 is 0 Å². The van der Waals surface area contributed by atoms with Crippen LogP contribution in [0.4, 0.5) is 0 Å². The molecule has 0 bridgehead atoms. The second-order valence-corrected chi connectivity index (χ2v) is 6.40. The summed E-state index contributed by atoms with van der Waals surface area (Å²) < 4.78 is 5.37. The molecule has 1 N–H and O–H groups in total. The van der Waals surface area contributed by atoms with Gasteiger partial charge in [0.2, 0.25) is 5.76 Å². The summed E-state index contributed by atoms with van der Waals surface area (Å²) in [6.07, 6.45) is 1.75. The van der Waals surface area contributed by atoms with Crippen LogP contribution in [0, 0.1) is 0 Å². The lowest BCUT2D eigenvalue weighted by Gasteiger charge is -2.29. The number of ketones is 1. The molecule has 23 heavy (non-hydrogen) atoms. The Kier molecular flexibility index (Phi) is 2.85. The van der Waals surface area contributed by atoms with Gasteiger partial charge in [0.05, 0.1) is 6.42 Å². The summed E-state index contributed by atoms with van der Waals surface area (Å²) in [6, 6.07) is 11.6. The molecular formula is C19H16O4. The topological polar surface area (TPSA) is 67.5 Å². The zero-order valence-electron chi connectivity index (χ0n) is 12.8. The smallest absolute Gasteiger partial charge is 0.371 e. The van der Waals surface area contributed by atoms with Crippen LogP contribution in [-0.4, -0.2) is 16.9 Å². The van der Waals surface area contributed by atoms with Gasteiger partial charge in [0, 0.05) is 16.6 Å². The van der Waals surface area contributed by atoms with Crippen LogP contribution in [0.3, 0.4) is 0 Å². The van der Waals surface area contributed by atoms with E-state index in [1.165, 1.54) is 0 Å². The van der Waals surface area contributed by atoms with Gasteiger partial charge in [-0.25, -0.2) is 4.79 Å². The van der Waals surface area contributed by atoms with E-state index in [9.17, 15) is 9.59 Å². The van der Waals surface area contributed by atoms with Gasteiger partial charge in [0.25, 0.3) is 0 Å². The molecule has 2 aromatic rings. The Bertz CT molecular complexity index is 857. The Morgan fingerprint density at radius 3 is 2.70 bits per heavy atom. The van der Waals surface area contributed by atoms with Gasteiger partial charge in [-0.05, 0) is 30.0 Å². The SMILES string of the molecule is CC1(c2ccccc2)CCC2=C1C(=O)Cc1oc(C(=O)O)cc12. The second kappa shape index (κ2) is 4.69. The zero-order chi connectivity index (χ0) is 16.2. The minimum atomic E-state index is -1.10. The molecule has 0 radical (unpaired) electrons. The molecule has 1 atom stereocenters. The maximum absolute atomic E-state index is 12.7. The molecule has 2 aliphatic rings. The summed E-state index contributed by atoms with van der Waals surface area (Å²) in [7, 11) is 0. The second-order valence-electron chi connectivity index (χ2n) is 6.40. The van der Waals surface area contributed by atoms with Crippen molar-refractivity contribution in [3.63, 3.8) is 0 Å². The average molecular weight is 308 g/mol. The quantitative estimate of drug-likeness (QED) is 0.920. The van der Waals surface area contributed by atoms with Crippen LogP contribution in [0.25, 0.3) is 5.57 Å². The van der Waals surface area contributed by atoms with E-state index in [1.807, 2.05) is 18.2 Å². The summed E-state index contributed by atoms with van der Waals surface area (Å²) in [5.74, 6) is -0.659. The highest BCUT2D eigenvalue weighted by Crippen LogP contribution is 2.51. The van der Waals surface area contributed by atoms with Gasteiger partial charge >= 0.3 is 5.97 Å². The van der Waals surface area contributed by atoms with E-state index in [2.05, 4.69) is 19.1 Å². The van der Waals surface area contributed by atoms with Crippen LogP contribution in [0.5, 0.6) is 0 Å². The number of aromatic carboxylic acids is 1. The number of carbonyl (C=O) groups is 2. The summed E-state index contributed by atoms with van der Waals surface area (Å²) >= 11 is 0. The van der Waals surface area contributed by atoms with Gasteiger partial charge < -0.3 is 9.52 Å². The van der Waals surface area contributed by atoms with Crippen molar-refractivity contribution in [2.75, 3.05) is 0 Å². The lowest BCUT2D eigenvalue weighted by Crippen LogP contribution is -2.28. The van der Waals surface area contributed by atoms with Crippen LogP contribution in [0.1, 0.15) is 47.2 Å². The van der Waals surface area contributed by atoms with E-state index in [0.29, 0.717) is 5.76 Å². The predicted molar refractivity (Wildman–Crippen MR) is 84.3 cm³/mol. The van der Waals surface area contributed by atoms with Crippen molar-refractivity contribution in [2.45, 2.75) is 31.6 Å². The van der Waals surface area contributed by atoms with Crippen LogP contribution in [0.2, 0.25) is 0 Å². The molecule has 0 amide bonds. The summed E-state index contributed by atoms with van der Waals surface area (Å²) in [4.78, 5) is 23.9. The highest BCUT2D eigenvalue weighted by atomic mass is 16.4. The van der Waals surface area contributed by atoms with Crippen molar-refractivity contribution in [1.82, 2.24) is 0 Å². The number of carboxylic acid groups (broad SMARTS) is 1. The molecule has 0 saturated carbocycles. The maximum atomic E-state index is 12.7. The van der Waals surface area contributed by atoms with Crippen molar-refractivity contribution in [3.05, 3.63) is 64.6 Å². The predicted octanol–water partition coefficient (Wildman–Crippen LogP) is 3.61. The summed E-state index contributed by atoms with van der Waals surface area (Å²) in [5, 5.41) is 9.13. The highest BCUT2D eigenvalue weighted by molar-refractivity contribution is 6.10. The normalized spacial score (nSPS) is 22.9. The van der Waals surface area contributed by atoms with Crippen molar-refractivity contribution in [1.29, 1.82) is 0 Å². The largest absolute Gasteiger partial charge is 0.475 e. The Morgan fingerprint density at radius 1 is 1.26 bits per heavy atom. The first-order valence-electron chi connectivity index (χ1n) is 7.69. The number of carboxylic acids is 1. The van der Waals surface area contributed by atoms with Gasteiger partial charge in [-0.2, -0.15) is 0 Å². The van der Waals surface area contributed by atoms with Gasteiger partial charge in [-0.1, -0.05) is 37.3 Å². The first-order valence-corrected chi connectivity index (χ1v) is 7.69. The molecule has 1 aromatic carbocycles. The highest BCUT2D eigenvalue weighted by Gasteiger charge is 2.45. The monoisotopic (exact) mass is 308 g/mol. The molecule has 116 valence electrons. The Labute approximate surface area is 133 Å². The van der Waals surface area contributed by atoms with Crippen LogP contribution in [-0.2, 0) is 16.6 Å². The Morgan fingerprint density at radius 2 is 2.00 bits per heavy atom. The van der Waals surface area contributed by atoms with E-state index in [-0.39, 0.29) is 23.4 Å². The molecule has 0 spiro atoms. The van der Waals surface area contributed by atoms with Crippen LogP contribution >= 0.6 is 0 Å². The summed E-state index contributed by atoms with van der Waals surface area (Å²) in [5.41, 5.74) is 3.40. The number of benzene rings is 1. The molecule has 4 rings (SSSR count). The van der Waals surface area contributed by atoms with E-state index >= 15 is 0 Å². The lowest BCUT2D eigenvalue weighted by molar-refractivity contribution is -0.115. The standard InChI is InChI=1S/C19H16O4/c1-19(11-5-3-2-4-6-11)8-7-12-13-9-16(18(21)22)23-15(13)10-14(20)17(12)19/h2-6,9H,7-8,10H2,1H3,(H,21,22). The first kappa shape index (κ1) is 14.0. The molecule has 1 heterocycles. The third kappa shape index (κ3) is 1.91. The van der Waals surface area contributed by atoms with E-state index < -0.39 is 5.97 Å². The number of rotatable bonds is 2. The zero-order valence-corrected chi connectivity index (χ0v) is 12.8. The molecule has 1 unspecified atom stereocenters. The first-order chi connectivity index (χ1) is 11.0. The van der Waals surface area contributed by atoms with E-state index in [4.69, 9.17) is 9.52 Å². The molecule has 4 heteroatoms. The molecule has 0 saturated heterocycles. The van der Waals surface area contributed by atoms with E-state index in [0.717, 1.165) is 35.1 Å². The van der Waals surface area contributed by atoms with Crippen LogP contribution in [0.15, 0.2) is 46.4 Å². The number of allylic oxidation sites excluding steroid dienone is 2. The molecule has 1 aromatic heterocycles. The fraction of sp³-hybridized carbons (Fsp3) is 0.263. The summed E-state index contributed by atoms with van der Waals surface area (Å²) in [6.45, 7) is 2.10. The van der Waals surface area contributed by atoms with Crippen molar-refractivity contribution in [2.24, 2.45) is 0 Å². The fourth-order valence-electron chi connectivity index (χ4n) is 3.95. The van der Waals surface area contributed by atoms with Crippen molar-refractivity contribution >= 4 is 17.3 Å². The molecular weight excluding hydrogens is 292 g/mol. The fourth-order valence-corrected chi connectivity index (χ4v) is 3.95. The van der Waals surface area contributed by atoms with E-state index in [1.54, 1.807) is 6.07 Å². The number of hydrogen-bond donors (Lipinski definition) is 1. The Balaban J connectivity index is 1.90. The van der Waals surface area contributed by atoms with Gasteiger partial charge in [-0.15, -0.1) is 0 Å². The number of carbonyl (C=O) groups excluding carboxylic acids is 1. The average Bonchev–Trinajstić information content (AvgIpc) is 3.11. The Hall–Kier alpha value is -2.62. The number of hydrogen-bond acceptors (Lipinski definition) is 3. The van der Waals surface area contributed by atoms with Crippen molar-refractivity contribution in [3.8, 4) is 0 Å². The number of fused-ring (bicyclic) bond motifs is 2. The van der Waals surface area contributed by atoms with Gasteiger partial charge in [0.15, 0.2) is 5.78 Å². The number of furan rings is 1. The van der Waals surface area contributed by atoms with Gasteiger partial charge in [0.1, 0.15) is 5.76 Å². The molecule has 2 aliphatic carbocycles. The third-order valence-corrected chi connectivity index (χ3v) is 5.08. The minimum Gasteiger partial charge on any atom is -0.475 e. The molecule has 0 aliphatic heterocycles. The number of Topliss-reactive ketones (excluding diaryl/α,β-unsaturated/α-hetero) is 1. The lowest BCUT2D eigenvalue weighted by atomic mass is 9.73. The third-order valence-electron chi connectivity index (χ3n) is 5.08.